The maximum atomic E-state index is 13.1. The van der Waals surface area contributed by atoms with Crippen LogP contribution in [-0.2, 0) is 0 Å². The Morgan fingerprint density at radius 1 is 1.14 bits per heavy atom. The number of benzene rings is 1. The Balaban J connectivity index is 2.64. The normalized spacial score (nSPS) is 10.5. The molecule has 0 N–H and O–H groups in total. The molecule has 0 spiro atoms. The quantitative estimate of drug-likeness (QED) is 0.662. The molecule has 0 saturated heterocycles. The standard InChI is InChI=1S/C8H3F3N2O/c9-4-1-5(7(11)6(10)2-4)8-12-3-14-13-8/h1-3H. The Morgan fingerprint density at radius 3 is 2.57 bits per heavy atom. The second-order valence-corrected chi connectivity index (χ2v) is 2.50. The van der Waals surface area contributed by atoms with E-state index in [4.69, 9.17) is 0 Å². The second kappa shape index (κ2) is 3.13. The van der Waals surface area contributed by atoms with Gasteiger partial charge in [-0.25, -0.2) is 13.2 Å². The average molecular weight is 200 g/mol. The highest BCUT2D eigenvalue weighted by Crippen LogP contribution is 2.22. The Kier molecular flexibility index (Phi) is 1.95. The van der Waals surface area contributed by atoms with E-state index >= 15 is 0 Å². The summed E-state index contributed by atoms with van der Waals surface area (Å²) in [5.74, 6) is -3.58. The van der Waals surface area contributed by atoms with Crippen LogP contribution in [0.1, 0.15) is 0 Å². The summed E-state index contributed by atoms with van der Waals surface area (Å²) in [7, 11) is 0. The Hall–Kier alpha value is -1.85. The van der Waals surface area contributed by atoms with E-state index < -0.39 is 17.5 Å². The number of rotatable bonds is 1. The van der Waals surface area contributed by atoms with E-state index in [0.29, 0.717) is 6.07 Å². The maximum Gasteiger partial charge on any atom is 0.214 e. The van der Waals surface area contributed by atoms with E-state index in [-0.39, 0.29) is 11.4 Å². The number of hydrogen-bond donors (Lipinski definition) is 0. The SMILES string of the molecule is Fc1cc(F)c(F)c(-c2ncon2)c1. The van der Waals surface area contributed by atoms with Crippen LogP contribution in [0.15, 0.2) is 23.0 Å². The number of nitrogens with zero attached hydrogens (tertiary/aromatic N) is 2. The van der Waals surface area contributed by atoms with Gasteiger partial charge in [0.05, 0.1) is 5.56 Å². The van der Waals surface area contributed by atoms with Crippen molar-refractivity contribution in [3.05, 3.63) is 36.0 Å². The summed E-state index contributed by atoms with van der Waals surface area (Å²) in [5.41, 5.74) is -0.365. The molecule has 1 heterocycles. The summed E-state index contributed by atoms with van der Waals surface area (Å²) >= 11 is 0. The predicted octanol–water partition coefficient (Wildman–Crippen LogP) is 2.15. The van der Waals surface area contributed by atoms with E-state index in [9.17, 15) is 13.2 Å². The summed E-state index contributed by atoms with van der Waals surface area (Å²) in [4.78, 5) is 3.48. The number of halogens is 3. The highest BCUT2D eigenvalue weighted by Gasteiger charge is 2.15. The molecule has 0 amide bonds. The van der Waals surface area contributed by atoms with Crippen molar-refractivity contribution in [1.29, 1.82) is 0 Å². The van der Waals surface area contributed by atoms with Gasteiger partial charge in [0.1, 0.15) is 5.82 Å². The molecule has 6 heteroatoms. The highest BCUT2D eigenvalue weighted by atomic mass is 19.2. The molecular formula is C8H3F3N2O. The topological polar surface area (TPSA) is 38.9 Å². The van der Waals surface area contributed by atoms with Gasteiger partial charge in [-0.3, -0.25) is 0 Å². The third-order valence-electron chi connectivity index (χ3n) is 1.60. The molecule has 3 nitrogen and oxygen atoms in total. The van der Waals surface area contributed by atoms with Crippen LogP contribution in [0, 0.1) is 17.5 Å². The van der Waals surface area contributed by atoms with Crippen LogP contribution in [0.2, 0.25) is 0 Å². The lowest BCUT2D eigenvalue weighted by molar-refractivity contribution is 0.418. The van der Waals surface area contributed by atoms with Gasteiger partial charge in [-0.15, -0.1) is 0 Å². The van der Waals surface area contributed by atoms with Gasteiger partial charge >= 0.3 is 0 Å². The van der Waals surface area contributed by atoms with Gasteiger partial charge in [-0.2, -0.15) is 4.98 Å². The van der Waals surface area contributed by atoms with Crippen molar-refractivity contribution < 1.29 is 17.7 Å². The maximum absolute atomic E-state index is 13.1. The molecule has 0 aliphatic heterocycles. The van der Waals surface area contributed by atoms with E-state index in [0.717, 1.165) is 12.5 Å². The van der Waals surface area contributed by atoms with Gasteiger partial charge in [-0.1, -0.05) is 5.16 Å². The molecule has 14 heavy (non-hydrogen) atoms. The van der Waals surface area contributed by atoms with Crippen LogP contribution >= 0.6 is 0 Å². The van der Waals surface area contributed by atoms with Crippen molar-refractivity contribution >= 4 is 0 Å². The second-order valence-electron chi connectivity index (χ2n) is 2.50. The minimum Gasteiger partial charge on any atom is -0.342 e. The molecule has 0 atom stereocenters. The van der Waals surface area contributed by atoms with Gasteiger partial charge < -0.3 is 4.52 Å². The minimum atomic E-state index is -1.29. The third-order valence-corrected chi connectivity index (χ3v) is 1.60. The molecule has 0 radical (unpaired) electrons. The lowest BCUT2D eigenvalue weighted by atomic mass is 10.2. The lowest BCUT2D eigenvalue weighted by Crippen LogP contribution is -1.93. The summed E-state index contributed by atoms with van der Waals surface area (Å²) in [6.45, 7) is 0. The first-order valence-electron chi connectivity index (χ1n) is 3.60. The van der Waals surface area contributed by atoms with Crippen molar-refractivity contribution in [3.63, 3.8) is 0 Å². The Labute approximate surface area is 76.2 Å². The predicted molar refractivity (Wildman–Crippen MR) is 39.6 cm³/mol. The molecule has 0 unspecified atom stereocenters. The van der Waals surface area contributed by atoms with Crippen LogP contribution in [0.4, 0.5) is 13.2 Å². The average Bonchev–Trinajstić information content (AvgIpc) is 2.63. The summed E-state index contributed by atoms with van der Waals surface area (Å²) < 4.78 is 42.9. The van der Waals surface area contributed by atoms with Gasteiger partial charge in [0.15, 0.2) is 11.6 Å². The van der Waals surface area contributed by atoms with E-state index in [1.807, 2.05) is 0 Å². The van der Waals surface area contributed by atoms with Crippen molar-refractivity contribution in [2.45, 2.75) is 0 Å². The van der Waals surface area contributed by atoms with Crippen molar-refractivity contribution in [3.8, 4) is 11.4 Å². The molecule has 0 saturated carbocycles. The molecule has 2 rings (SSSR count). The first kappa shape index (κ1) is 8.74. The van der Waals surface area contributed by atoms with Crippen LogP contribution in [0.25, 0.3) is 11.4 Å². The van der Waals surface area contributed by atoms with Crippen molar-refractivity contribution in [2.24, 2.45) is 0 Å². The molecule has 0 bridgehead atoms. The number of aromatic nitrogens is 2. The van der Waals surface area contributed by atoms with E-state index in [1.165, 1.54) is 0 Å². The monoisotopic (exact) mass is 200 g/mol. The Bertz CT molecular complexity index is 456. The Morgan fingerprint density at radius 2 is 1.93 bits per heavy atom. The minimum absolute atomic E-state index is 0.194. The molecule has 72 valence electrons. The largest absolute Gasteiger partial charge is 0.342 e. The number of hydrogen-bond acceptors (Lipinski definition) is 3. The van der Waals surface area contributed by atoms with Gasteiger partial charge in [0.2, 0.25) is 12.2 Å². The van der Waals surface area contributed by atoms with Crippen molar-refractivity contribution in [1.82, 2.24) is 10.1 Å². The van der Waals surface area contributed by atoms with Gasteiger partial charge in [-0.05, 0) is 6.07 Å². The molecular weight excluding hydrogens is 197 g/mol. The molecule has 1 aromatic carbocycles. The lowest BCUT2D eigenvalue weighted by Gasteiger charge is -1.98. The van der Waals surface area contributed by atoms with Gasteiger partial charge in [0.25, 0.3) is 0 Å². The molecule has 0 aliphatic rings. The third kappa shape index (κ3) is 1.34. The summed E-state index contributed by atoms with van der Waals surface area (Å²) in [6, 6.07) is 1.24. The van der Waals surface area contributed by atoms with E-state index in [2.05, 4.69) is 14.7 Å². The smallest absolute Gasteiger partial charge is 0.214 e. The first-order valence-corrected chi connectivity index (χ1v) is 3.60. The fraction of sp³-hybridized carbons (Fsp3) is 0. The zero-order chi connectivity index (χ0) is 10.1. The zero-order valence-electron chi connectivity index (χ0n) is 6.67. The highest BCUT2D eigenvalue weighted by molar-refractivity contribution is 5.55. The molecule has 0 aliphatic carbocycles. The molecule has 0 fully saturated rings. The van der Waals surface area contributed by atoms with E-state index in [1.54, 1.807) is 0 Å². The molecule has 2 aromatic rings. The fourth-order valence-electron chi connectivity index (χ4n) is 1.01. The van der Waals surface area contributed by atoms with Gasteiger partial charge in [0, 0.05) is 6.07 Å². The van der Waals surface area contributed by atoms with Crippen LogP contribution in [0.3, 0.4) is 0 Å². The first-order chi connectivity index (χ1) is 6.68. The van der Waals surface area contributed by atoms with Crippen LogP contribution in [-0.4, -0.2) is 10.1 Å². The fourth-order valence-corrected chi connectivity index (χ4v) is 1.01. The van der Waals surface area contributed by atoms with Crippen LogP contribution in [0.5, 0.6) is 0 Å². The zero-order valence-corrected chi connectivity index (χ0v) is 6.67. The summed E-state index contributed by atoms with van der Waals surface area (Å²) in [5, 5.41) is 3.27. The summed E-state index contributed by atoms with van der Waals surface area (Å²) in [6.07, 6.45) is 0.942. The van der Waals surface area contributed by atoms with Crippen molar-refractivity contribution in [2.75, 3.05) is 0 Å². The van der Waals surface area contributed by atoms with Crippen LogP contribution < -0.4 is 0 Å². The molecule has 1 aromatic heterocycles.